The Hall–Kier alpha value is -0.680. The van der Waals surface area contributed by atoms with Gasteiger partial charge in [0.1, 0.15) is 5.60 Å². The quantitative estimate of drug-likeness (QED) is 0.677. The zero-order valence-corrected chi connectivity index (χ0v) is 9.45. The summed E-state index contributed by atoms with van der Waals surface area (Å²) in [7, 11) is 0. The van der Waals surface area contributed by atoms with Crippen molar-refractivity contribution in [1.29, 1.82) is 0 Å². The molecule has 0 aromatic heterocycles. The molecule has 0 saturated heterocycles. The van der Waals surface area contributed by atoms with Gasteiger partial charge in [-0.15, -0.1) is 0 Å². The highest BCUT2D eigenvalue weighted by molar-refractivity contribution is 6.35. The van der Waals surface area contributed by atoms with E-state index in [2.05, 4.69) is 11.8 Å². The predicted octanol–water partition coefficient (Wildman–Crippen LogP) is 3.12. The maximum atomic E-state index is 9.38. The molecule has 74 valence electrons. The summed E-state index contributed by atoms with van der Waals surface area (Å²) in [6.45, 7) is 3.23. The highest BCUT2D eigenvalue weighted by Crippen LogP contribution is 2.20. The Kier molecular flexibility index (Phi) is 3.44. The summed E-state index contributed by atoms with van der Waals surface area (Å²) in [6, 6.07) is 5.06. The minimum atomic E-state index is -1.01. The maximum absolute atomic E-state index is 9.38. The first-order chi connectivity index (χ1) is 6.38. The van der Waals surface area contributed by atoms with Crippen molar-refractivity contribution in [2.75, 3.05) is 0 Å². The van der Waals surface area contributed by atoms with Gasteiger partial charge in [-0.05, 0) is 32.0 Å². The summed E-state index contributed by atoms with van der Waals surface area (Å²) < 4.78 is 0. The molecule has 1 aromatic carbocycles. The minimum absolute atomic E-state index is 0.495. The van der Waals surface area contributed by atoms with Crippen LogP contribution in [-0.2, 0) is 0 Å². The lowest BCUT2D eigenvalue weighted by molar-refractivity contribution is 0.143. The molecule has 0 aliphatic carbocycles. The number of halogens is 2. The molecule has 0 spiro atoms. The first kappa shape index (κ1) is 11.4. The predicted molar refractivity (Wildman–Crippen MR) is 59.6 cm³/mol. The van der Waals surface area contributed by atoms with Gasteiger partial charge >= 0.3 is 0 Å². The Balaban J connectivity index is 3.02. The van der Waals surface area contributed by atoms with E-state index in [0.29, 0.717) is 15.6 Å². The first-order valence-corrected chi connectivity index (χ1v) is 4.85. The SMILES string of the molecule is CC(C)(O)C#Cc1ccc(Cl)cc1Cl. The van der Waals surface area contributed by atoms with Crippen molar-refractivity contribution in [2.24, 2.45) is 0 Å². The molecule has 0 radical (unpaired) electrons. The van der Waals surface area contributed by atoms with Crippen LogP contribution in [0, 0.1) is 11.8 Å². The monoisotopic (exact) mass is 228 g/mol. The van der Waals surface area contributed by atoms with E-state index in [1.165, 1.54) is 0 Å². The van der Waals surface area contributed by atoms with Gasteiger partial charge in [0.15, 0.2) is 0 Å². The summed E-state index contributed by atoms with van der Waals surface area (Å²) >= 11 is 11.6. The Bertz CT molecular complexity index is 394. The largest absolute Gasteiger partial charge is 0.378 e. The summed E-state index contributed by atoms with van der Waals surface area (Å²) in [6.07, 6.45) is 0. The second kappa shape index (κ2) is 4.23. The van der Waals surface area contributed by atoms with Crippen molar-refractivity contribution in [3.63, 3.8) is 0 Å². The highest BCUT2D eigenvalue weighted by Gasteiger charge is 2.06. The fourth-order valence-corrected chi connectivity index (χ4v) is 1.27. The molecule has 14 heavy (non-hydrogen) atoms. The van der Waals surface area contributed by atoms with E-state index >= 15 is 0 Å². The van der Waals surface area contributed by atoms with Crippen molar-refractivity contribution in [3.05, 3.63) is 33.8 Å². The lowest BCUT2D eigenvalue weighted by Crippen LogP contribution is -2.14. The van der Waals surface area contributed by atoms with Crippen molar-refractivity contribution >= 4 is 23.2 Å². The van der Waals surface area contributed by atoms with Gasteiger partial charge in [0.05, 0.1) is 5.02 Å². The van der Waals surface area contributed by atoms with Crippen molar-refractivity contribution in [1.82, 2.24) is 0 Å². The van der Waals surface area contributed by atoms with Crippen LogP contribution in [0.25, 0.3) is 0 Å². The van der Waals surface area contributed by atoms with Crippen LogP contribution in [0.4, 0.5) is 0 Å². The summed E-state index contributed by atoms with van der Waals surface area (Å²) in [5, 5.41) is 10.4. The molecule has 0 amide bonds. The number of hydrogen-bond donors (Lipinski definition) is 1. The zero-order valence-electron chi connectivity index (χ0n) is 7.94. The average Bonchev–Trinajstić information content (AvgIpc) is 2.00. The average molecular weight is 229 g/mol. The standard InChI is InChI=1S/C11H10Cl2O/c1-11(2,14)6-5-8-3-4-9(12)7-10(8)13/h3-4,7,14H,1-2H3. The number of rotatable bonds is 0. The van der Waals surface area contributed by atoms with Gasteiger partial charge in [-0.2, -0.15) is 0 Å². The minimum Gasteiger partial charge on any atom is -0.378 e. The summed E-state index contributed by atoms with van der Waals surface area (Å²) in [4.78, 5) is 0. The summed E-state index contributed by atoms with van der Waals surface area (Å²) in [5.74, 6) is 5.47. The molecule has 0 bridgehead atoms. The van der Waals surface area contributed by atoms with Gasteiger partial charge in [0.2, 0.25) is 0 Å². The molecule has 0 unspecified atom stereocenters. The Morgan fingerprint density at radius 2 is 1.93 bits per heavy atom. The molecule has 1 aromatic rings. The topological polar surface area (TPSA) is 20.2 Å². The smallest absolute Gasteiger partial charge is 0.120 e. The van der Waals surface area contributed by atoms with Crippen LogP contribution in [0.1, 0.15) is 19.4 Å². The van der Waals surface area contributed by atoms with Crippen LogP contribution in [0.15, 0.2) is 18.2 Å². The molecule has 0 heterocycles. The van der Waals surface area contributed by atoms with Crippen molar-refractivity contribution < 1.29 is 5.11 Å². The molecular weight excluding hydrogens is 219 g/mol. The fourth-order valence-electron chi connectivity index (χ4n) is 0.811. The fraction of sp³-hybridized carbons (Fsp3) is 0.273. The molecule has 1 rings (SSSR count). The zero-order chi connectivity index (χ0) is 10.8. The van der Waals surface area contributed by atoms with Crippen LogP contribution >= 0.6 is 23.2 Å². The second-order valence-corrected chi connectivity index (χ2v) is 4.28. The van der Waals surface area contributed by atoms with Gasteiger partial charge in [-0.25, -0.2) is 0 Å². The Morgan fingerprint density at radius 1 is 1.29 bits per heavy atom. The van der Waals surface area contributed by atoms with Crippen molar-refractivity contribution in [2.45, 2.75) is 19.4 Å². The number of benzene rings is 1. The van der Waals surface area contributed by atoms with Gasteiger partial charge in [-0.3, -0.25) is 0 Å². The van der Waals surface area contributed by atoms with E-state index in [1.54, 1.807) is 32.0 Å². The van der Waals surface area contributed by atoms with Gasteiger partial charge in [-0.1, -0.05) is 35.0 Å². The molecule has 3 heteroatoms. The molecule has 1 nitrogen and oxygen atoms in total. The van der Waals surface area contributed by atoms with E-state index < -0.39 is 5.60 Å². The van der Waals surface area contributed by atoms with E-state index in [0.717, 1.165) is 0 Å². The van der Waals surface area contributed by atoms with Crippen LogP contribution < -0.4 is 0 Å². The van der Waals surface area contributed by atoms with E-state index in [9.17, 15) is 5.11 Å². The van der Waals surface area contributed by atoms with Gasteiger partial charge in [0.25, 0.3) is 0 Å². The maximum Gasteiger partial charge on any atom is 0.120 e. The lowest BCUT2D eigenvalue weighted by Gasteiger charge is -2.06. The molecule has 0 fully saturated rings. The van der Waals surface area contributed by atoms with Crippen molar-refractivity contribution in [3.8, 4) is 11.8 Å². The van der Waals surface area contributed by atoms with Crippen LogP contribution in [-0.4, -0.2) is 10.7 Å². The van der Waals surface area contributed by atoms with Gasteiger partial charge in [0, 0.05) is 10.6 Å². The Labute approximate surface area is 93.7 Å². The third kappa shape index (κ3) is 3.59. The normalized spacial score (nSPS) is 10.6. The van der Waals surface area contributed by atoms with Crippen LogP contribution in [0.2, 0.25) is 10.0 Å². The third-order valence-corrected chi connectivity index (χ3v) is 1.98. The molecule has 0 atom stereocenters. The third-order valence-electron chi connectivity index (χ3n) is 1.43. The molecule has 0 aliphatic heterocycles. The summed E-state index contributed by atoms with van der Waals surface area (Å²) in [5.41, 5.74) is -0.346. The Morgan fingerprint density at radius 3 is 2.43 bits per heavy atom. The van der Waals surface area contributed by atoms with Crippen LogP contribution in [0.5, 0.6) is 0 Å². The first-order valence-electron chi connectivity index (χ1n) is 4.09. The van der Waals surface area contributed by atoms with E-state index in [4.69, 9.17) is 23.2 Å². The van der Waals surface area contributed by atoms with E-state index in [-0.39, 0.29) is 0 Å². The molecule has 0 aliphatic rings. The highest BCUT2D eigenvalue weighted by atomic mass is 35.5. The van der Waals surface area contributed by atoms with E-state index in [1.807, 2.05) is 0 Å². The number of aliphatic hydroxyl groups is 1. The number of hydrogen-bond acceptors (Lipinski definition) is 1. The van der Waals surface area contributed by atoms with Gasteiger partial charge < -0.3 is 5.11 Å². The second-order valence-electron chi connectivity index (χ2n) is 3.43. The molecular formula is C11H10Cl2O. The molecule has 0 saturated carbocycles. The lowest BCUT2D eigenvalue weighted by atomic mass is 10.1. The van der Waals surface area contributed by atoms with Crippen LogP contribution in [0.3, 0.4) is 0 Å². The molecule has 1 N–H and O–H groups in total.